The van der Waals surface area contributed by atoms with E-state index < -0.39 is 0 Å². The molecule has 0 unspecified atom stereocenters. The zero-order valence-corrected chi connectivity index (χ0v) is 15.8. The molecule has 0 saturated carbocycles. The molecule has 3 rings (SSSR count). The molecule has 2 aromatic rings. The molecule has 0 aromatic heterocycles. The number of ketones is 1. The normalized spacial score (nSPS) is 16.7. The summed E-state index contributed by atoms with van der Waals surface area (Å²) in [6.07, 6.45) is 1.52. The summed E-state index contributed by atoms with van der Waals surface area (Å²) < 4.78 is 0. The van der Waals surface area contributed by atoms with E-state index in [1.807, 2.05) is 0 Å². The molecule has 2 amide bonds. The quantitative estimate of drug-likeness (QED) is 0.809. The van der Waals surface area contributed by atoms with Crippen LogP contribution in [-0.4, -0.2) is 35.6 Å². The van der Waals surface area contributed by atoms with E-state index in [9.17, 15) is 14.4 Å². The number of amides is 2. The number of benzene rings is 2. The molecule has 1 saturated heterocycles. The van der Waals surface area contributed by atoms with E-state index in [-0.39, 0.29) is 23.5 Å². The van der Waals surface area contributed by atoms with E-state index in [0.29, 0.717) is 34.9 Å². The number of carbonyl (C=O) groups is 3. The summed E-state index contributed by atoms with van der Waals surface area (Å²) in [5, 5.41) is 3.46. The fraction of sp³-hybridized carbons (Fsp3) is 0.286. The molecule has 1 heterocycles. The van der Waals surface area contributed by atoms with Crippen LogP contribution >= 0.6 is 11.6 Å². The minimum absolute atomic E-state index is 0.0171. The van der Waals surface area contributed by atoms with Crippen LogP contribution in [0.5, 0.6) is 0 Å². The zero-order valence-electron chi connectivity index (χ0n) is 15.1. The van der Waals surface area contributed by atoms with Crippen molar-refractivity contribution in [2.45, 2.75) is 19.8 Å². The average molecular weight is 385 g/mol. The smallest absolute Gasteiger partial charge is 0.253 e. The van der Waals surface area contributed by atoms with Crippen molar-refractivity contribution in [3.05, 3.63) is 64.7 Å². The molecule has 1 N–H and O–H groups in total. The van der Waals surface area contributed by atoms with Crippen LogP contribution in [0.1, 0.15) is 40.5 Å². The van der Waals surface area contributed by atoms with Crippen LogP contribution in [0.25, 0.3) is 0 Å². The summed E-state index contributed by atoms with van der Waals surface area (Å²) in [7, 11) is 0. The molecule has 0 spiro atoms. The van der Waals surface area contributed by atoms with Crippen LogP contribution < -0.4 is 5.32 Å². The van der Waals surface area contributed by atoms with Gasteiger partial charge in [0.25, 0.3) is 5.91 Å². The lowest BCUT2D eigenvalue weighted by Crippen LogP contribution is -2.43. The number of nitrogens with one attached hydrogen (secondary N) is 1. The summed E-state index contributed by atoms with van der Waals surface area (Å²) in [6.45, 7) is 2.53. The van der Waals surface area contributed by atoms with Gasteiger partial charge in [0.2, 0.25) is 5.91 Å². The molecule has 0 aliphatic carbocycles. The Labute approximate surface area is 163 Å². The maximum Gasteiger partial charge on any atom is 0.253 e. The second-order valence-electron chi connectivity index (χ2n) is 6.72. The lowest BCUT2D eigenvalue weighted by Gasteiger charge is -2.32. The third kappa shape index (κ3) is 4.74. The number of Topliss-reactive ketones (excluding diaryl/α,β-unsaturated/α-hetero) is 1. The summed E-state index contributed by atoms with van der Waals surface area (Å²) in [6, 6.07) is 13.6. The molecule has 2 aromatic carbocycles. The van der Waals surface area contributed by atoms with Gasteiger partial charge >= 0.3 is 0 Å². The standard InChI is InChI=1S/C21H21ClN2O3/c1-14(25)15-6-10-19(11-7-15)23-20(26)17-3-2-12-24(13-17)21(27)16-4-8-18(22)9-5-16/h4-11,17H,2-3,12-13H2,1H3,(H,23,26)/t17-/m1/s1. The van der Waals surface area contributed by atoms with Crippen molar-refractivity contribution in [2.75, 3.05) is 18.4 Å². The Morgan fingerprint density at radius 3 is 2.26 bits per heavy atom. The van der Waals surface area contributed by atoms with Crippen LogP contribution in [0.3, 0.4) is 0 Å². The number of hydrogen-bond acceptors (Lipinski definition) is 3. The fourth-order valence-corrected chi connectivity index (χ4v) is 3.31. The zero-order chi connectivity index (χ0) is 19.4. The molecule has 0 bridgehead atoms. The van der Waals surface area contributed by atoms with E-state index in [4.69, 9.17) is 11.6 Å². The predicted octanol–water partition coefficient (Wildman–Crippen LogP) is 4.03. The highest BCUT2D eigenvalue weighted by molar-refractivity contribution is 6.30. The third-order valence-corrected chi connectivity index (χ3v) is 4.98. The molecule has 140 valence electrons. The Bertz CT molecular complexity index is 847. The number of anilines is 1. The van der Waals surface area contributed by atoms with Crippen LogP contribution in [0.15, 0.2) is 48.5 Å². The van der Waals surface area contributed by atoms with Crippen molar-refractivity contribution >= 4 is 34.9 Å². The Morgan fingerprint density at radius 1 is 1.00 bits per heavy atom. The fourth-order valence-electron chi connectivity index (χ4n) is 3.18. The predicted molar refractivity (Wildman–Crippen MR) is 105 cm³/mol. The van der Waals surface area contributed by atoms with Crippen molar-refractivity contribution in [3.8, 4) is 0 Å². The first-order chi connectivity index (χ1) is 12.9. The van der Waals surface area contributed by atoms with Gasteiger partial charge < -0.3 is 10.2 Å². The molecule has 1 fully saturated rings. The molecule has 1 aliphatic rings. The molecule has 5 nitrogen and oxygen atoms in total. The summed E-state index contributed by atoms with van der Waals surface area (Å²) in [5.41, 5.74) is 1.82. The highest BCUT2D eigenvalue weighted by atomic mass is 35.5. The van der Waals surface area contributed by atoms with Gasteiger partial charge in [-0.05, 0) is 68.3 Å². The summed E-state index contributed by atoms with van der Waals surface area (Å²) in [4.78, 5) is 38.3. The van der Waals surface area contributed by atoms with Gasteiger partial charge in [-0.1, -0.05) is 11.6 Å². The molecule has 0 radical (unpaired) electrons. The monoisotopic (exact) mass is 384 g/mol. The Kier molecular flexibility index (Phi) is 5.91. The van der Waals surface area contributed by atoms with Crippen molar-refractivity contribution in [2.24, 2.45) is 5.92 Å². The van der Waals surface area contributed by atoms with Gasteiger partial charge in [-0.15, -0.1) is 0 Å². The minimum Gasteiger partial charge on any atom is -0.338 e. The van der Waals surface area contributed by atoms with Crippen molar-refractivity contribution < 1.29 is 14.4 Å². The SMILES string of the molecule is CC(=O)c1ccc(NC(=O)[C@@H]2CCCN(C(=O)c3ccc(Cl)cc3)C2)cc1. The van der Waals surface area contributed by atoms with Crippen LogP contribution in [0.4, 0.5) is 5.69 Å². The molecule has 6 heteroatoms. The third-order valence-electron chi connectivity index (χ3n) is 4.73. The second-order valence-corrected chi connectivity index (χ2v) is 7.16. The number of piperidine rings is 1. The van der Waals surface area contributed by atoms with Gasteiger partial charge in [-0.25, -0.2) is 0 Å². The van der Waals surface area contributed by atoms with Crippen LogP contribution in [-0.2, 0) is 4.79 Å². The van der Waals surface area contributed by atoms with Gasteiger partial charge in [0.05, 0.1) is 5.92 Å². The Hall–Kier alpha value is -2.66. The average Bonchev–Trinajstić information content (AvgIpc) is 2.68. The van der Waals surface area contributed by atoms with Crippen LogP contribution in [0, 0.1) is 5.92 Å². The van der Waals surface area contributed by atoms with E-state index in [1.54, 1.807) is 53.4 Å². The highest BCUT2D eigenvalue weighted by Crippen LogP contribution is 2.21. The summed E-state index contributed by atoms with van der Waals surface area (Å²) in [5.74, 6) is -0.479. The number of carbonyl (C=O) groups excluding carboxylic acids is 3. The van der Waals surface area contributed by atoms with E-state index in [2.05, 4.69) is 5.32 Å². The van der Waals surface area contributed by atoms with Crippen molar-refractivity contribution in [3.63, 3.8) is 0 Å². The van der Waals surface area contributed by atoms with Gasteiger partial charge in [-0.3, -0.25) is 14.4 Å². The highest BCUT2D eigenvalue weighted by Gasteiger charge is 2.29. The number of hydrogen-bond donors (Lipinski definition) is 1. The first kappa shape index (κ1) is 19.1. The van der Waals surface area contributed by atoms with Crippen LogP contribution in [0.2, 0.25) is 5.02 Å². The molecule has 1 atom stereocenters. The van der Waals surface area contributed by atoms with Gasteiger partial charge in [0.1, 0.15) is 0 Å². The number of nitrogens with zero attached hydrogens (tertiary/aromatic N) is 1. The first-order valence-corrected chi connectivity index (χ1v) is 9.28. The first-order valence-electron chi connectivity index (χ1n) is 8.91. The lowest BCUT2D eigenvalue weighted by molar-refractivity contribution is -0.121. The number of halogens is 1. The van der Waals surface area contributed by atoms with Crippen molar-refractivity contribution in [1.82, 2.24) is 4.90 Å². The van der Waals surface area contributed by atoms with Crippen molar-refractivity contribution in [1.29, 1.82) is 0 Å². The lowest BCUT2D eigenvalue weighted by atomic mass is 9.96. The minimum atomic E-state index is -0.262. The summed E-state index contributed by atoms with van der Waals surface area (Å²) >= 11 is 5.87. The van der Waals surface area contributed by atoms with Gasteiger partial charge in [0, 0.05) is 34.9 Å². The number of rotatable bonds is 4. The largest absolute Gasteiger partial charge is 0.338 e. The Morgan fingerprint density at radius 2 is 1.63 bits per heavy atom. The molecule has 1 aliphatic heterocycles. The van der Waals surface area contributed by atoms with Gasteiger partial charge in [0.15, 0.2) is 5.78 Å². The Balaban J connectivity index is 1.63. The number of likely N-dealkylation sites (tertiary alicyclic amines) is 1. The van der Waals surface area contributed by atoms with Gasteiger partial charge in [-0.2, -0.15) is 0 Å². The topological polar surface area (TPSA) is 66.5 Å². The maximum atomic E-state index is 12.7. The molecular weight excluding hydrogens is 364 g/mol. The van der Waals surface area contributed by atoms with E-state index >= 15 is 0 Å². The molecular formula is C21H21ClN2O3. The van der Waals surface area contributed by atoms with E-state index in [0.717, 1.165) is 12.8 Å². The second kappa shape index (κ2) is 8.35. The molecule has 27 heavy (non-hydrogen) atoms. The van der Waals surface area contributed by atoms with E-state index in [1.165, 1.54) is 6.92 Å². The maximum absolute atomic E-state index is 12.7.